The summed E-state index contributed by atoms with van der Waals surface area (Å²) in [6.07, 6.45) is 0. The summed E-state index contributed by atoms with van der Waals surface area (Å²) in [7, 11) is 0. The Kier molecular flexibility index (Phi) is 5.10. The SMILES string of the molecule is CC(=O)NCC(=O)c1cccc(OCc2ccccc2)c1. The fourth-order valence-electron chi connectivity index (χ4n) is 1.81. The Hall–Kier alpha value is -2.62. The molecule has 4 nitrogen and oxygen atoms in total. The monoisotopic (exact) mass is 283 g/mol. The summed E-state index contributed by atoms with van der Waals surface area (Å²) in [6, 6.07) is 16.8. The van der Waals surface area contributed by atoms with Crippen LogP contribution in [0.4, 0.5) is 0 Å². The lowest BCUT2D eigenvalue weighted by atomic mass is 10.1. The van der Waals surface area contributed by atoms with Gasteiger partial charge < -0.3 is 10.1 Å². The lowest BCUT2D eigenvalue weighted by molar-refractivity contribution is -0.118. The van der Waals surface area contributed by atoms with E-state index in [4.69, 9.17) is 4.74 Å². The molecule has 108 valence electrons. The van der Waals surface area contributed by atoms with Gasteiger partial charge in [0.2, 0.25) is 5.91 Å². The molecule has 0 saturated carbocycles. The molecule has 0 unspecified atom stereocenters. The highest BCUT2D eigenvalue weighted by Crippen LogP contribution is 2.15. The van der Waals surface area contributed by atoms with Gasteiger partial charge in [-0.1, -0.05) is 42.5 Å². The Morgan fingerprint density at radius 2 is 1.81 bits per heavy atom. The third kappa shape index (κ3) is 4.76. The van der Waals surface area contributed by atoms with E-state index >= 15 is 0 Å². The minimum absolute atomic E-state index is 0.00251. The number of rotatable bonds is 6. The number of Topliss-reactive ketones (excluding diaryl/α,β-unsaturated/α-hetero) is 1. The second kappa shape index (κ2) is 7.24. The Bertz CT molecular complexity index is 623. The van der Waals surface area contributed by atoms with Crippen LogP contribution in [0, 0.1) is 0 Å². The van der Waals surface area contributed by atoms with Gasteiger partial charge in [-0.2, -0.15) is 0 Å². The molecule has 0 aliphatic rings. The fourth-order valence-corrected chi connectivity index (χ4v) is 1.81. The highest BCUT2D eigenvalue weighted by atomic mass is 16.5. The van der Waals surface area contributed by atoms with Gasteiger partial charge in [0.15, 0.2) is 5.78 Å². The molecule has 0 aliphatic heterocycles. The lowest BCUT2D eigenvalue weighted by Crippen LogP contribution is -2.27. The summed E-state index contributed by atoms with van der Waals surface area (Å²) in [4.78, 5) is 22.7. The molecule has 1 N–H and O–H groups in total. The Morgan fingerprint density at radius 1 is 1.05 bits per heavy atom. The third-order valence-corrected chi connectivity index (χ3v) is 2.90. The molecular weight excluding hydrogens is 266 g/mol. The Balaban J connectivity index is 1.97. The number of ketones is 1. The third-order valence-electron chi connectivity index (χ3n) is 2.90. The van der Waals surface area contributed by atoms with Crippen LogP contribution in [-0.4, -0.2) is 18.2 Å². The molecule has 2 rings (SSSR count). The van der Waals surface area contributed by atoms with Crippen molar-refractivity contribution in [3.63, 3.8) is 0 Å². The summed E-state index contributed by atoms with van der Waals surface area (Å²) in [5.41, 5.74) is 1.58. The first kappa shape index (κ1) is 14.8. The predicted octanol–water partition coefficient (Wildman–Crippen LogP) is 2.58. The van der Waals surface area contributed by atoms with Gasteiger partial charge in [-0.25, -0.2) is 0 Å². The molecule has 0 bridgehead atoms. The summed E-state index contributed by atoms with van der Waals surface area (Å²) < 4.78 is 5.67. The van der Waals surface area contributed by atoms with Crippen molar-refractivity contribution in [2.24, 2.45) is 0 Å². The maximum absolute atomic E-state index is 11.9. The molecule has 2 aromatic rings. The number of carbonyl (C=O) groups is 2. The van der Waals surface area contributed by atoms with Gasteiger partial charge in [0.25, 0.3) is 0 Å². The number of amides is 1. The molecule has 1 amide bonds. The van der Waals surface area contributed by atoms with Crippen LogP contribution in [0.15, 0.2) is 54.6 Å². The van der Waals surface area contributed by atoms with E-state index in [0.29, 0.717) is 17.9 Å². The molecule has 0 saturated heterocycles. The number of carbonyl (C=O) groups excluding carboxylic acids is 2. The number of nitrogens with one attached hydrogen (secondary N) is 1. The highest BCUT2D eigenvalue weighted by molar-refractivity contribution is 5.99. The molecule has 21 heavy (non-hydrogen) atoms. The van der Waals surface area contributed by atoms with Crippen molar-refractivity contribution in [3.8, 4) is 5.75 Å². The van der Waals surface area contributed by atoms with Crippen LogP contribution in [-0.2, 0) is 11.4 Å². The van der Waals surface area contributed by atoms with Crippen molar-refractivity contribution in [1.82, 2.24) is 5.32 Å². The Morgan fingerprint density at radius 3 is 2.52 bits per heavy atom. The van der Waals surface area contributed by atoms with Crippen molar-refractivity contribution >= 4 is 11.7 Å². The molecule has 0 radical (unpaired) electrons. The highest BCUT2D eigenvalue weighted by Gasteiger charge is 2.07. The van der Waals surface area contributed by atoms with Crippen molar-refractivity contribution in [2.75, 3.05) is 6.54 Å². The van der Waals surface area contributed by atoms with Crippen LogP contribution >= 0.6 is 0 Å². The van der Waals surface area contributed by atoms with Crippen LogP contribution < -0.4 is 10.1 Å². The van der Waals surface area contributed by atoms with E-state index in [1.807, 2.05) is 30.3 Å². The van der Waals surface area contributed by atoms with Crippen molar-refractivity contribution in [2.45, 2.75) is 13.5 Å². The second-order valence-corrected chi connectivity index (χ2v) is 4.64. The quantitative estimate of drug-likeness (QED) is 0.829. The summed E-state index contributed by atoms with van der Waals surface area (Å²) >= 11 is 0. The van der Waals surface area contributed by atoms with Gasteiger partial charge in [-0.05, 0) is 17.7 Å². The van der Waals surface area contributed by atoms with E-state index in [9.17, 15) is 9.59 Å². The fraction of sp³-hybridized carbons (Fsp3) is 0.176. The van der Waals surface area contributed by atoms with Crippen LogP contribution in [0.2, 0.25) is 0 Å². The minimum Gasteiger partial charge on any atom is -0.489 e. The van der Waals surface area contributed by atoms with Gasteiger partial charge in [0.05, 0.1) is 6.54 Å². The van der Waals surface area contributed by atoms with Gasteiger partial charge in [-0.3, -0.25) is 9.59 Å². The van der Waals surface area contributed by atoms with E-state index in [1.54, 1.807) is 24.3 Å². The molecule has 0 aromatic heterocycles. The first-order chi connectivity index (χ1) is 10.1. The number of benzene rings is 2. The number of ether oxygens (including phenoxy) is 1. The summed E-state index contributed by atoms with van der Waals surface area (Å²) in [6.45, 7) is 1.83. The molecule has 0 spiro atoms. The van der Waals surface area contributed by atoms with Crippen LogP contribution in [0.5, 0.6) is 5.75 Å². The smallest absolute Gasteiger partial charge is 0.217 e. The van der Waals surface area contributed by atoms with E-state index in [2.05, 4.69) is 5.32 Å². The first-order valence-corrected chi connectivity index (χ1v) is 6.69. The zero-order valence-corrected chi connectivity index (χ0v) is 11.8. The zero-order valence-electron chi connectivity index (χ0n) is 11.8. The minimum atomic E-state index is -0.222. The summed E-state index contributed by atoms with van der Waals surface area (Å²) in [5, 5.41) is 2.49. The van der Waals surface area contributed by atoms with Crippen molar-refractivity contribution < 1.29 is 14.3 Å². The van der Waals surface area contributed by atoms with Gasteiger partial charge in [0.1, 0.15) is 12.4 Å². The van der Waals surface area contributed by atoms with Crippen molar-refractivity contribution in [3.05, 3.63) is 65.7 Å². The Labute approximate surface area is 123 Å². The van der Waals surface area contributed by atoms with Gasteiger partial charge in [-0.15, -0.1) is 0 Å². The molecule has 0 aliphatic carbocycles. The molecule has 0 heterocycles. The zero-order chi connectivity index (χ0) is 15.1. The largest absolute Gasteiger partial charge is 0.489 e. The van der Waals surface area contributed by atoms with E-state index < -0.39 is 0 Å². The van der Waals surface area contributed by atoms with Crippen LogP contribution in [0.25, 0.3) is 0 Å². The molecule has 0 atom stereocenters. The lowest BCUT2D eigenvalue weighted by Gasteiger charge is -2.08. The van der Waals surface area contributed by atoms with Crippen LogP contribution in [0.1, 0.15) is 22.8 Å². The molecule has 0 fully saturated rings. The van der Waals surface area contributed by atoms with Gasteiger partial charge in [0, 0.05) is 12.5 Å². The van der Waals surface area contributed by atoms with Crippen LogP contribution in [0.3, 0.4) is 0 Å². The molecular formula is C17H17NO3. The number of hydrogen-bond acceptors (Lipinski definition) is 3. The average Bonchev–Trinajstić information content (AvgIpc) is 2.52. The predicted molar refractivity (Wildman–Crippen MR) is 80.2 cm³/mol. The maximum atomic E-state index is 11.9. The first-order valence-electron chi connectivity index (χ1n) is 6.69. The number of hydrogen-bond donors (Lipinski definition) is 1. The normalized spacial score (nSPS) is 9.95. The standard InChI is InChI=1S/C17H17NO3/c1-13(19)18-11-17(20)15-8-5-9-16(10-15)21-12-14-6-3-2-4-7-14/h2-10H,11-12H2,1H3,(H,18,19). The van der Waals surface area contributed by atoms with Gasteiger partial charge >= 0.3 is 0 Å². The van der Waals surface area contributed by atoms with Crippen molar-refractivity contribution in [1.29, 1.82) is 0 Å². The van der Waals surface area contributed by atoms with E-state index in [1.165, 1.54) is 6.92 Å². The maximum Gasteiger partial charge on any atom is 0.217 e. The molecule has 4 heteroatoms. The summed E-state index contributed by atoms with van der Waals surface area (Å²) in [5.74, 6) is 0.266. The topological polar surface area (TPSA) is 55.4 Å². The van der Waals surface area contributed by atoms with E-state index in [-0.39, 0.29) is 18.2 Å². The average molecular weight is 283 g/mol. The van der Waals surface area contributed by atoms with E-state index in [0.717, 1.165) is 5.56 Å². The second-order valence-electron chi connectivity index (χ2n) is 4.64. The molecule has 2 aromatic carbocycles.